The number of hydrogen-bond acceptors (Lipinski definition) is 7. The lowest BCUT2D eigenvalue weighted by molar-refractivity contribution is 0.243. The molecule has 9 nitrogen and oxygen atoms in total. The second-order valence-electron chi connectivity index (χ2n) is 3.86. The summed E-state index contributed by atoms with van der Waals surface area (Å²) >= 11 is 0. The summed E-state index contributed by atoms with van der Waals surface area (Å²) in [6, 6.07) is 0.909. The van der Waals surface area contributed by atoms with Crippen LogP contribution in [0.1, 0.15) is 11.3 Å². The van der Waals surface area contributed by atoms with Crippen molar-refractivity contribution < 1.29 is 9.53 Å². The van der Waals surface area contributed by atoms with E-state index in [1.165, 1.54) is 31.6 Å². The average molecular weight is 303 g/mol. The van der Waals surface area contributed by atoms with Crippen molar-refractivity contribution in [1.82, 2.24) is 15.8 Å². The largest absolute Gasteiger partial charge is 0.473 e. The smallest absolute Gasteiger partial charge is 0.350 e. The third-order valence-electron chi connectivity index (χ3n) is 2.50. The van der Waals surface area contributed by atoms with Crippen molar-refractivity contribution in [3.05, 3.63) is 35.8 Å². The highest BCUT2D eigenvalue weighted by Crippen LogP contribution is 2.21. The lowest BCUT2D eigenvalue weighted by atomic mass is 10.1. The van der Waals surface area contributed by atoms with Crippen LogP contribution in [0.5, 0.6) is 0 Å². The van der Waals surface area contributed by atoms with Gasteiger partial charge in [0, 0.05) is 24.9 Å². The van der Waals surface area contributed by atoms with Crippen LogP contribution in [0.25, 0.3) is 0 Å². The van der Waals surface area contributed by atoms with E-state index < -0.39 is 6.03 Å². The first-order valence-corrected chi connectivity index (χ1v) is 6.10. The summed E-state index contributed by atoms with van der Waals surface area (Å²) in [4.78, 5) is 15.8. The highest BCUT2D eigenvalue weighted by molar-refractivity contribution is 5.91. The second-order valence-corrected chi connectivity index (χ2v) is 3.86. The quantitative estimate of drug-likeness (QED) is 0.125. The number of hydrogen-bond donors (Lipinski definition) is 5. The number of nitrogens with one attached hydrogen (secondary N) is 3. The highest BCUT2D eigenvalue weighted by atomic mass is 16.5. The maximum atomic E-state index is 11.8. The maximum Gasteiger partial charge on any atom is 0.350 e. The molecule has 0 aliphatic rings. The number of pyridine rings is 1. The van der Waals surface area contributed by atoms with Crippen LogP contribution in [0.4, 0.5) is 10.5 Å². The molecule has 0 radical (unpaired) electrons. The first-order valence-electron chi connectivity index (χ1n) is 6.10. The summed E-state index contributed by atoms with van der Waals surface area (Å²) in [5, 5.41) is 8.36. The van der Waals surface area contributed by atoms with Gasteiger partial charge in [-0.3, -0.25) is 10.8 Å². The van der Waals surface area contributed by atoms with Crippen LogP contribution in [-0.2, 0) is 11.3 Å². The Bertz CT molecular complexity index is 621. The normalized spacial score (nSPS) is 10.0. The second kappa shape index (κ2) is 8.25. The molecule has 0 fully saturated rings. The van der Waals surface area contributed by atoms with E-state index in [1.807, 2.05) is 0 Å². The van der Waals surface area contributed by atoms with Crippen molar-refractivity contribution in [3.8, 4) is 12.3 Å². The number of carbonyl (C=O) groups is 1. The van der Waals surface area contributed by atoms with Crippen LogP contribution in [-0.4, -0.2) is 24.0 Å². The molecule has 0 bridgehead atoms. The zero-order valence-corrected chi connectivity index (χ0v) is 12.0. The van der Waals surface area contributed by atoms with E-state index in [1.54, 1.807) is 0 Å². The van der Waals surface area contributed by atoms with Crippen LogP contribution >= 0.6 is 0 Å². The Hall–Kier alpha value is -3.09. The number of terminal acetylenes is 1. The monoisotopic (exact) mass is 303 g/mol. The molecule has 116 valence electrons. The summed E-state index contributed by atoms with van der Waals surface area (Å²) in [7, 11) is 1.52. The third-order valence-corrected chi connectivity index (χ3v) is 2.50. The van der Waals surface area contributed by atoms with Crippen LogP contribution in [0.15, 0.2) is 24.5 Å². The van der Waals surface area contributed by atoms with Gasteiger partial charge in [-0.05, 0) is 18.2 Å². The van der Waals surface area contributed by atoms with Crippen molar-refractivity contribution in [1.29, 1.82) is 5.41 Å². The number of hydrazine groups is 2. The molecule has 0 aromatic carbocycles. The van der Waals surface area contributed by atoms with Gasteiger partial charge in [-0.15, -0.1) is 6.42 Å². The number of amides is 2. The van der Waals surface area contributed by atoms with Crippen LogP contribution < -0.4 is 27.4 Å². The van der Waals surface area contributed by atoms with Crippen molar-refractivity contribution in [2.75, 3.05) is 12.1 Å². The SMILES string of the molecule is C#Cc1nccc(N(N)C(=O)NNC)c1COC(=N)/C=C\N. The first-order chi connectivity index (χ1) is 10.5. The molecule has 0 atom stereocenters. The molecule has 0 saturated heterocycles. The summed E-state index contributed by atoms with van der Waals surface area (Å²) < 4.78 is 5.19. The fraction of sp³-hybridized carbons (Fsp3) is 0.154. The number of rotatable bonds is 5. The maximum absolute atomic E-state index is 11.8. The zero-order chi connectivity index (χ0) is 16.5. The van der Waals surface area contributed by atoms with Crippen molar-refractivity contribution in [2.24, 2.45) is 11.6 Å². The highest BCUT2D eigenvalue weighted by Gasteiger charge is 2.18. The Balaban J connectivity index is 3.10. The van der Waals surface area contributed by atoms with E-state index in [-0.39, 0.29) is 18.2 Å². The van der Waals surface area contributed by atoms with Gasteiger partial charge in [0.1, 0.15) is 12.3 Å². The topological polar surface area (TPSA) is 142 Å². The van der Waals surface area contributed by atoms with E-state index in [2.05, 4.69) is 21.8 Å². The van der Waals surface area contributed by atoms with Gasteiger partial charge in [-0.2, -0.15) is 0 Å². The Morgan fingerprint density at radius 1 is 1.68 bits per heavy atom. The Labute approximate surface area is 127 Å². The van der Waals surface area contributed by atoms with Gasteiger partial charge < -0.3 is 10.5 Å². The molecule has 0 aliphatic heterocycles. The van der Waals surface area contributed by atoms with Gasteiger partial charge in [0.15, 0.2) is 0 Å². The number of nitrogens with zero attached hydrogens (tertiary/aromatic N) is 2. The Morgan fingerprint density at radius 2 is 2.41 bits per heavy atom. The van der Waals surface area contributed by atoms with Gasteiger partial charge in [0.05, 0.1) is 5.69 Å². The minimum absolute atomic E-state index is 0.0909. The minimum atomic E-state index is -0.602. The molecule has 0 unspecified atom stereocenters. The molecule has 7 N–H and O–H groups in total. The predicted octanol–water partition coefficient (Wildman–Crippen LogP) is -0.447. The van der Waals surface area contributed by atoms with E-state index in [0.29, 0.717) is 11.3 Å². The van der Waals surface area contributed by atoms with Crippen molar-refractivity contribution in [3.63, 3.8) is 0 Å². The van der Waals surface area contributed by atoms with Crippen molar-refractivity contribution in [2.45, 2.75) is 6.61 Å². The number of carbonyl (C=O) groups excluding carboxylic acids is 1. The van der Waals surface area contributed by atoms with E-state index in [4.69, 9.17) is 28.1 Å². The van der Waals surface area contributed by atoms with E-state index in [0.717, 1.165) is 5.01 Å². The molecule has 0 aliphatic carbocycles. The van der Waals surface area contributed by atoms with Crippen LogP contribution in [0.3, 0.4) is 0 Å². The molecule has 2 amide bonds. The minimum Gasteiger partial charge on any atom is -0.473 e. The summed E-state index contributed by atoms with van der Waals surface area (Å²) in [5.41, 5.74) is 10.9. The average Bonchev–Trinajstić information content (AvgIpc) is 2.52. The number of nitrogens with two attached hydrogens (primary N) is 2. The summed E-state index contributed by atoms with van der Waals surface area (Å²) in [5.74, 6) is 7.98. The summed E-state index contributed by atoms with van der Waals surface area (Å²) in [6.45, 7) is -0.0909. The molecule has 0 saturated carbocycles. The molecule has 22 heavy (non-hydrogen) atoms. The molecule has 1 rings (SSSR count). The fourth-order valence-corrected chi connectivity index (χ4v) is 1.54. The lowest BCUT2D eigenvalue weighted by Gasteiger charge is -2.20. The Kier molecular flexibility index (Phi) is 6.36. The first kappa shape index (κ1) is 17.0. The number of ether oxygens (including phenoxy) is 1. The molecule has 1 heterocycles. The number of anilines is 1. The molecule has 1 aromatic rings. The van der Waals surface area contributed by atoms with Gasteiger partial charge in [0.25, 0.3) is 0 Å². The number of aromatic nitrogens is 1. The lowest BCUT2D eigenvalue weighted by Crippen LogP contribution is -2.49. The molecular weight excluding hydrogens is 286 g/mol. The molecule has 0 spiro atoms. The molecular formula is C13H17N7O2. The third kappa shape index (κ3) is 4.20. The Morgan fingerprint density at radius 3 is 3.00 bits per heavy atom. The van der Waals surface area contributed by atoms with Gasteiger partial charge in [0.2, 0.25) is 5.90 Å². The van der Waals surface area contributed by atoms with Crippen LogP contribution in [0.2, 0.25) is 0 Å². The van der Waals surface area contributed by atoms with Gasteiger partial charge in [-0.25, -0.2) is 26.1 Å². The van der Waals surface area contributed by atoms with E-state index >= 15 is 0 Å². The molecule has 9 heteroatoms. The van der Waals surface area contributed by atoms with Crippen molar-refractivity contribution >= 4 is 17.6 Å². The van der Waals surface area contributed by atoms with Gasteiger partial charge in [-0.1, -0.05) is 0 Å². The summed E-state index contributed by atoms with van der Waals surface area (Å²) in [6.07, 6.45) is 9.25. The standard InChI is InChI=1S/C13H17N7O2/c1-3-10-9(8-22-12(15)4-6-14)11(5-7-18-10)20(16)13(21)19-17-2/h1,4-7,15,17H,8,14,16H2,2H3,(H,19,21)/b6-4-,15-12?. The predicted molar refractivity (Wildman–Crippen MR) is 82.3 cm³/mol. The molecule has 1 aromatic heterocycles. The van der Waals surface area contributed by atoms with Gasteiger partial charge >= 0.3 is 6.03 Å². The van der Waals surface area contributed by atoms with E-state index in [9.17, 15) is 4.79 Å². The fourth-order valence-electron chi connectivity index (χ4n) is 1.54. The number of urea groups is 1. The zero-order valence-electron chi connectivity index (χ0n) is 12.0. The van der Waals surface area contributed by atoms with Crippen LogP contribution in [0, 0.1) is 17.8 Å².